The minimum absolute atomic E-state index is 0.0814. The number of cyclic esters (lactones) is 1. The highest BCUT2D eigenvalue weighted by atomic mass is 35.5. The Labute approximate surface area is 229 Å². The maximum absolute atomic E-state index is 13.9. The number of ether oxygens (including phenoxy) is 1. The topological polar surface area (TPSA) is 92.8 Å². The highest BCUT2D eigenvalue weighted by Gasteiger charge is 2.41. The number of amides is 2. The van der Waals surface area contributed by atoms with Crippen molar-refractivity contribution in [1.82, 2.24) is 4.90 Å². The van der Waals surface area contributed by atoms with E-state index in [0.29, 0.717) is 29.2 Å². The van der Waals surface area contributed by atoms with E-state index in [1.165, 1.54) is 12.1 Å². The Balaban J connectivity index is 1.54. The molecule has 7 nitrogen and oxygen atoms in total. The second kappa shape index (κ2) is 10.2. The molecule has 1 aliphatic carbocycles. The SMILES string of the molecule is O=C(Nc1ccc2c(c1)C(S(=O)(=O)c1cccc(Cl)c1)CC(N1CCOC1=O)C2)c1c(Cl)cccc1Cl. The number of carbonyl (C=O) groups excluding carboxylic acids is 2. The van der Waals surface area contributed by atoms with Crippen LogP contribution in [0.15, 0.2) is 65.6 Å². The van der Waals surface area contributed by atoms with Crippen molar-refractivity contribution in [3.05, 3.63) is 92.4 Å². The second-order valence-corrected chi connectivity index (χ2v) is 12.2. The third-order valence-corrected chi connectivity index (χ3v) is 9.59. The van der Waals surface area contributed by atoms with E-state index >= 15 is 0 Å². The molecular weight excluding hydrogens is 559 g/mol. The summed E-state index contributed by atoms with van der Waals surface area (Å²) >= 11 is 18.5. The Morgan fingerprint density at radius 1 is 1.00 bits per heavy atom. The van der Waals surface area contributed by atoms with Crippen LogP contribution in [0, 0.1) is 0 Å². The van der Waals surface area contributed by atoms with Crippen molar-refractivity contribution in [2.45, 2.75) is 29.0 Å². The lowest BCUT2D eigenvalue weighted by atomic mass is 9.86. The molecule has 2 unspecified atom stereocenters. The molecule has 0 bridgehead atoms. The zero-order valence-electron chi connectivity index (χ0n) is 19.3. The molecule has 1 fully saturated rings. The molecule has 1 heterocycles. The van der Waals surface area contributed by atoms with Gasteiger partial charge in [0, 0.05) is 16.8 Å². The van der Waals surface area contributed by atoms with E-state index in [-0.39, 0.29) is 39.6 Å². The van der Waals surface area contributed by atoms with Gasteiger partial charge in [0.2, 0.25) is 0 Å². The van der Waals surface area contributed by atoms with E-state index < -0.39 is 27.1 Å². The van der Waals surface area contributed by atoms with Crippen LogP contribution in [0.5, 0.6) is 0 Å². The van der Waals surface area contributed by atoms with Crippen LogP contribution in [0.4, 0.5) is 10.5 Å². The fourth-order valence-corrected chi connectivity index (χ4v) is 7.60. The van der Waals surface area contributed by atoms with E-state index in [2.05, 4.69) is 5.32 Å². The first-order valence-corrected chi connectivity index (χ1v) is 14.1. The average Bonchev–Trinajstić information content (AvgIpc) is 3.29. The lowest BCUT2D eigenvalue weighted by Gasteiger charge is -2.35. The third kappa shape index (κ3) is 5.03. The molecule has 11 heteroatoms. The van der Waals surface area contributed by atoms with Gasteiger partial charge in [0.05, 0.1) is 32.3 Å². The average molecular weight is 580 g/mol. The molecule has 37 heavy (non-hydrogen) atoms. The summed E-state index contributed by atoms with van der Waals surface area (Å²) in [5.74, 6) is -0.515. The zero-order chi connectivity index (χ0) is 26.3. The molecule has 1 N–H and O–H groups in total. The van der Waals surface area contributed by atoms with Gasteiger partial charge in [0.15, 0.2) is 9.84 Å². The molecule has 0 saturated carbocycles. The highest BCUT2D eigenvalue weighted by Crippen LogP contribution is 2.42. The number of benzene rings is 3. The van der Waals surface area contributed by atoms with Crippen LogP contribution < -0.4 is 5.32 Å². The Morgan fingerprint density at radius 2 is 1.73 bits per heavy atom. The number of sulfone groups is 1. The summed E-state index contributed by atoms with van der Waals surface area (Å²) in [7, 11) is -3.91. The smallest absolute Gasteiger partial charge is 0.410 e. The predicted octanol–water partition coefficient (Wildman–Crippen LogP) is 6.18. The van der Waals surface area contributed by atoms with Crippen LogP contribution in [0.1, 0.15) is 33.2 Å². The van der Waals surface area contributed by atoms with Gasteiger partial charge in [-0.3, -0.25) is 4.79 Å². The van der Waals surface area contributed by atoms with Crippen LogP contribution in [0.2, 0.25) is 15.1 Å². The van der Waals surface area contributed by atoms with Crippen LogP contribution in [-0.2, 0) is 21.0 Å². The molecule has 1 saturated heterocycles. The van der Waals surface area contributed by atoms with Crippen molar-refractivity contribution in [1.29, 1.82) is 0 Å². The molecule has 2 aliphatic rings. The van der Waals surface area contributed by atoms with Gasteiger partial charge in [-0.2, -0.15) is 0 Å². The number of hydrogen-bond donors (Lipinski definition) is 1. The number of rotatable bonds is 5. The minimum Gasteiger partial charge on any atom is -0.448 e. The van der Waals surface area contributed by atoms with Gasteiger partial charge in [0.1, 0.15) is 6.61 Å². The first-order valence-electron chi connectivity index (χ1n) is 11.5. The number of halogens is 3. The van der Waals surface area contributed by atoms with E-state index in [4.69, 9.17) is 39.5 Å². The number of carbonyl (C=O) groups is 2. The molecule has 2 amide bonds. The van der Waals surface area contributed by atoms with Crippen molar-refractivity contribution in [2.24, 2.45) is 0 Å². The lowest BCUT2D eigenvalue weighted by molar-refractivity contribution is 0.102. The van der Waals surface area contributed by atoms with E-state index in [1.54, 1.807) is 53.4 Å². The molecule has 0 radical (unpaired) electrons. The van der Waals surface area contributed by atoms with Gasteiger partial charge in [-0.15, -0.1) is 0 Å². The highest BCUT2D eigenvalue weighted by molar-refractivity contribution is 7.91. The quantitative estimate of drug-likeness (QED) is 0.390. The molecule has 5 rings (SSSR count). The van der Waals surface area contributed by atoms with Crippen molar-refractivity contribution >= 4 is 62.3 Å². The normalized spacial score (nSPS) is 19.3. The van der Waals surface area contributed by atoms with Crippen molar-refractivity contribution in [3.63, 3.8) is 0 Å². The minimum atomic E-state index is -3.91. The summed E-state index contributed by atoms with van der Waals surface area (Å²) in [6.45, 7) is 0.666. The monoisotopic (exact) mass is 578 g/mol. The summed E-state index contributed by atoms with van der Waals surface area (Å²) in [5, 5.41) is 2.50. The largest absolute Gasteiger partial charge is 0.448 e. The van der Waals surface area contributed by atoms with Gasteiger partial charge in [-0.1, -0.05) is 53.0 Å². The van der Waals surface area contributed by atoms with E-state index in [1.807, 2.05) is 0 Å². The number of nitrogens with one attached hydrogen (secondary N) is 1. The molecule has 3 aromatic rings. The van der Waals surface area contributed by atoms with Crippen LogP contribution in [0.25, 0.3) is 0 Å². The van der Waals surface area contributed by atoms with Crippen molar-refractivity contribution in [3.8, 4) is 0 Å². The third-order valence-electron chi connectivity index (χ3n) is 6.61. The van der Waals surface area contributed by atoms with Crippen molar-refractivity contribution in [2.75, 3.05) is 18.5 Å². The number of fused-ring (bicyclic) bond motifs is 1. The lowest BCUT2D eigenvalue weighted by Crippen LogP contribution is -2.42. The van der Waals surface area contributed by atoms with E-state index in [9.17, 15) is 18.0 Å². The Hall–Kier alpha value is -2.78. The van der Waals surface area contributed by atoms with E-state index in [0.717, 1.165) is 5.56 Å². The first kappa shape index (κ1) is 25.9. The van der Waals surface area contributed by atoms with Gasteiger partial charge in [0.25, 0.3) is 5.91 Å². The summed E-state index contributed by atoms with van der Waals surface area (Å²) in [5.41, 5.74) is 1.83. The van der Waals surface area contributed by atoms with Gasteiger partial charge < -0.3 is 15.0 Å². The maximum atomic E-state index is 13.9. The standard InChI is InChI=1S/C26H21Cl3N2O5S/c27-16-3-1-4-19(12-16)37(34,35)23-14-18(31-9-10-36-26(31)33)11-15-7-8-17(13-20(15)23)30-25(32)24-21(28)5-2-6-22(24)29/h1-8,12-13,18,23H,9-11,14H2,(H,30,32). The fourth-order valence-electron chi connectivity index (χ4n) is 4.85. The summed E-state index contributed by atoms with van der Waals surface area (Å²) in [6.07, 6.45) is 0.175. The van der Waals surface area contributed by atoms with Crippen molar-refractivity contribution < 1.29 is 22.7 Å². The molecule has 3 aromatic carbocycles. The van der Waals surface area contributed by atoms with Gasteiger partial charge >= 0.3 is 6.09 Å². The maximum Gasteiger partial charge on any atom is 0.410 e. The molecular formula is C26H21Cl3N2O5S. The number of hydrogen-bond acceptors (Lipinski definition) is 5. The number of nitrogens with zero attached hydrogens (tertiary/aromatic N) is 1. The molecule has 1 aliphatic heterocycles. The first-order chi connectivity index (χ1) is 17.6. The van der Waals surface area contributed by atoms with Crippen LogP contribution in [0.3, 0.4) is 0 Å². The Kier molecular flexibility index (Phi) is 7.11. The predicted molar refractivity (Wildman–Crippen MR) is 142 cm³/mol. The summed E-state index contributed by atoms with van der Waals surface area (Å²) in [4.78, 5) is 26.9. The Bertz CT molecular complexity index is 1490. The zero-order valence-corrected chi connectivity index (χ0v) is 22.4. The van der Waals surface area contributed by atoms with Gasteiger partial charge in [-0.05, 0) is 66.4 Å². The second-order valence-electron chi connectivity index (χ2n) is 8.86. The van der Waals surface area contributed by atoms with Crippen LogP contribution >= 0.6 is 34.8 Å². The molecule has 0 spiro atoms. The Morgan fingerprint density at radius 3 is 2.41 bits per heavy atom. The van der Waals surface area contributed by atoms with Crippen LogP contribution in [-0.4, -0.2) is 44.5 Å². The molecule has 0 aromatic heterocycles. The number of anilines is 1. The summed E-state index contributed by atoms with van der Waals surface area (Å²) < 4.78 is 32.8. The summed E-state index contributed by atoms with van der Waals surface area (Å²) in [6, 6.07) is 15.6. The fraction of sp³-hybridized carbons (Fsp3) is 0.231. The molecule has 2 atom stereocenters. The molecule has 192 valence electrons. The van der Waals surface area contributed by atoms with Gasteiger partial charge in [-0.25, -0.2) is 13.2 Å².